The number of benzene rings is 1. The van der Waals surface area contributed by atoms with Crippen LogP contribution in [0.4, 0.5) is 48.6 Å². The summed E-state index contributed by atoms with van der Waals surface area (Å²) in [5, 5.41) is 5.29. The minimum Gasteiger partial charge on any atom is -0.468 e. The lowest BCUT2D eigenvalue weighted by atomic mass is 10.1. The molecule has 1 aliphatic rings. The van der Waals surface area contributed by atoms with Gasteiger partial charge in [0.15, 0.2) is 0 Å². The minimum absolute atomic E-state index is 0.00296. The van der Waals surface area contributed by atoms with Crippen molar-refractivity contribution in [1.29, 1.82) is 0 Å². The molecule has 1 fully saturated rings. The fourth-order valence-corrected chi connectivity index (χ4v) is 4.43. The smallest absolute Gasteiger partial charge is 0.416 e. The Morgan fingerprint density at radius 2 is 1.69 bits per heavy atom. The van der Waals surface area contributed by atoms with E-state index in [2.05, 4.69) is 29.3 Å². The molecule has 1 saturated heterocycles. The second-order valence-electron chi connectivity index (χ2n) is 9.48. The average molecular weight is 620 g/mol. The molecule has 1 aromatic carbocycles. The van der Waals surface area contributed by atoms with E-state index in [4.69, 9.17) is 4.74 Å². The number of aromatic nitrogens is 4. The minimum atomic E-state index is -5.02. The van der Waals surface area contributed by atoms with E-state index in [-0.39, 0.29) is 44.7 Å². The number of hydrogen-bond acceptors (Lipinski definition) is 10. The molecule has 2 amide bonds. The summed E-state index contributed by atoms with van der Waals surface area (Å²) in [4.78, 5) is 26.4. The van der Waals surface area contributed by atoms with E-state index < -0.39 is 35.2 Å². The van der Waals surface area contributed by atoms with E-state index in [1.165, 1.54) is 4.90 Å². The van der Waals surface area contributed by atoms with Gasteiger partial charge in [-0.1, -0.05) is 0 Å². The van der Waals surface area contributed by atoms with Crippen molar-refractivity contribution in [2.75, 3.05) is 68.9 Å². The predicted octanol–water partition coefficient (Wildman–Crippen LogP) is 4.27. The van der Waals surface area contributed by atoms with E-state index >= 15 is 0 Å². The van der Waals surface area contributed by atoms with Crippen molar-refractivity contribution in [3.63, 3.8) is 0 Å². The van der Waals surface area contributed by atoms with E-state index in [1.54, 1.807) is 12.3 Å². The van der Waals surface area contributed by atoms with Gasteiger partial charge in [0, 0.05) is 51.2 Å². The van der Waals surface area contributed by atoms with Crippen LogP contribution in [0.2, 0.25) is 0 Å². The number of nitrogens with zero attached hydrogens (tertiary/aromatic N) is 7. The SMILES string of the molecule is CN(C)CCNc1nccc(COc2nsnc2N2CCN(C(=O)Nc3cc(C(F)(F)F)cc(C(F)(F)F)c3)CC2)n1. The first kappa shape index (κ1) is 31.0. The zero-order valence-electron chi connectivity index (χ0n) is 22.5. The number of rotatable bonds is 9. The van der Waals surface area contributed by atoms with Gasteiger partial charge in [-0.15, -0.1) is 4.37 Å². The maximum atomic E-state index is 13.1. The molecule has 0 spiro atoms. The molecule has 2 aromatic heterocycles. The molecular formula is C24H27F6N9O2S. The second kappa shape index (κ2) is 12.9. The summed E-state index contributed by atoms with van der Waals surface area (Å²) in [6.45, 7) is 2.37. The van der Waals surface area contributed by atoms with E-state index in [0.717, 1.165) is 18.3 Å². The molecule has 2 N–H and O–H groups in total. The van der Waals surface area contributed by atoms with Crippen LogP contribution in [-0.4, -0.2) is 87.9 Å². The predicted molar refractivity (Wildman–Crippen MR) is 143 cm³/mol. The molecule has 42 heavy (non-hydrogen) atoms. The third-order valence-electron chi connectivity index (χ3n) is 6.06. The number of halogens is 6. The zero-order valence-corrected chi connectivity index (χ0v) is 23.3. The Labute approximate surface area is 240 Å². The van der Waals surface area contributed by atoms with Crippen molar-refractivity contribution in [3.05, 3.63) is 47.3 Å². The highest BCUT2D eigenvalue weighted by Crippen LogP contribution is 2.37. The molecule has 0 unspecified atom stereocenters. The molecular weight excluding hydrogens is 592 g/mol. The van der Waals surface area contributed by atoms with Gasteiger partial charge in [-0.2, -0.15) is 30.7 Å². The maximum Gasteiger partial charge on any atom is 0.416 e. The summed E-state index contributed by atoms with van der Waals surface area (Å²) in [5.41, 5.74) is -3.02. The highest BCUT2D eigenvalue weighted by Gasteiger charge is 2.37. The molecule has 3 aromatic rings. The summed E-state index contributed by atoms with van der Waals surface area (Å²) in [5.74, 6) is 1.18. The number of carbonyl (C=O) groups excluding carboxylic acids is 1. The topological polar surface area (TPSA) is 112 Å². The van der Waals surface area contributed by atoms with Crippen molar-refractivity contribution in [3.8, 4) is 5.88 Å². The van der Waals surface area contributed by atoms with Gasteiger partial charge >= 0.3 is 18.4 Å². The zero-order chi connectivity index (χ0) is 30.5. The number of anilines is 3. The van der Waals surface area contributed by atoms with Gasteiger partial charge in [0.25, 0.3) is 5.88 Å². The summed E-state index contributed by atoms with van der Waals surface area (Å²) in [7, 11) is 3.91. The summed E-state index contributed by atoms with van der Waals surface area (Å²) < 4.78 is 93.2. The highest BCUT2D eigenvalue weighted by molar-refractivity contribution is 6.99. The standard InChI is InChI=1S/C24H27F6N9O2S/c1-37(2)6-5-32-21-31-4-3-17(33-21)14-41-20-19(35-42-36-20)38-7-9-39(10-8-38)22(40)34-18-12-15(23(25,26)27)11-16(13-18)24(28,29)30/h3-4,11-13H,5-10,14H2,1-2H3,(H,34,40)(H,31,32,33). The number of piperazine rings is 1. The molecule has 0 aliphatic carbocycles. The number of hydrogen-bond donors (Lipinski definition) is 2. The van der Waals surface area contributed by atoms with Crippen LogP contribution in [0.15, 0.2) is 30.5 Å². The first-order valence-electron chi connectivity index (χ1n) is 12.6. The van der Waals surface area contributed by atoms with Crippen LogP contribution in [0.3, 0.4) is 0 Å². The van der Waals surface area contributed by atoms with Gasteiger partial charge in [0.1, 0.15) is 6.61 Å². The first-order valence-corrected chi connectivity index (χ1v) is 13.3. The molecule has 11 nitrogen and oxygen atoms in total. The van der Waals surface area contributed by atoms with Gasteiger partial charge in [-0.3, -0.25) is 0 Å². The van der Waals surface area contributed by atoms with Crippen molar-refractivity contribution in [2.24, 2.45) is 0 Å². The summed E-state index contributed by atoms with van der Waals surface area (Å²) in [6, 6.07) is 1.82. The van der Waals surface area contributed by atoms with Gasteiger partial charge in [-0.25, -0.2) is 14.8 Å². The fourth-order valence-electron chi connectivity index (χ4n) is 3.91. The molecule has 0 bridgehead atoms. The third-order valence-corrected chi connectivity index (χ3v) is 6.56. The van der Waals surface area contributed by atoms with E-state index in [9.17, 15) is 31.1 Å². The quantitative estimate of drug-likeness (QED) is 0.339. The van der Waals surface area contributed by atoms with Crippen molar-refractivity contribution in [2.45, 2.75) is 19.0 Å². The van der Waals surface area contributed by atoms with Gasteiger partial charge in [-0.05, 0) is 38.4 Å². The van der Waals surface area contributed by atoms with Crippen molar-refractivity contribution < 1.29 is 35.9 Å². The number of nitrogens with one attached hydrogen (secondary N) is 2. The Morgan fingerprint density at radius 3 is 2.31 bits per heavy atom. The van der Waals surface area contributed by atoms with Crippen LogP contribution in [0.1, 0.15) is 16.8 Å². The van der Waals surface area contributed by atoms with Crippen molar-refractivity contribution in [1.82, 2.24) is 28.5 Å². The highest BCUT2D eigenvalue weighted by atomic mass is 32.1. The molecule has 18 heteroatoms. The molecule has 3 heterocycles. The summed E-state index contributed by atoms with van der Waals surface area (Å²) >= 11 is 0.934. The fraction of sp³-hybridized carbons (Fsp3) is 0.458. The van der Waals surface area contributed by atoms with E-state index in [0.29, 0.717) is 36.1 Å². The molecule has 0 atom stereocenters. The Bertz CT molecular complexity index is 1330. The monoisotopic (exact) mass is 619 g/mol. The van der Waals surface area contributed by atoms with Crippen LogP contribution in [0, 0.1) is 0 Å². The largest absolute Gasteiger partial charge is 0.468 e. The van der Waals surface area contributed by atoms with E-state index in [1.807, 2.05) is 23.9 Å². The normalized spacial score (nSPS) is 14.3. The van der Waals surface area contributed by atoms with Crippen LogP contribution in [0.5, 0.6) is 5.88 Å². The molecule has 228 valence electrons. The molecule has 0 saturated carbocycles. The Kier molecular flexibility index (Phi) is 9.55. The number of carbonyl (C=O) groups is 1. The first-order chi connectivity index (χ1) is 19.8. The number of amides is 2. The second-order valence-corrected chi connectivity index (χ2v) is 10.0. The van der Waals surface area contributed by atoms with Gasteiger partial charge < -0.3 is 30.1 Å². The molecule has 0 radical (unpaired) electrons. The maximum absolute atomic E-state index is 13.1. The number of alkyl halides is 6. The lowest BCUT2D eigenvalue weighted by Crippen LogP contribution is -2.50. The lowest BCUT2D eigenvalue weighted by molar-refractivity contribution is -0.143. The Balaban J connectivity index is 1.33. The number of ether oxygens (including phenoxy) is 1. The lowest BCUT2D eigenvalue weighted by Gasteiger charge is -2.34. The molecule has 1 aliphatic heterocycles. The van der Waals surface area contributed by atoms with Crippen molar-refractivity contribution >= 4 is 35.2 Å². The molecule has 4 rings (SSSR count). The average Bonchev–Trinajstić information content (AvgIpc) is 3.39. The Morgan fingerprint density at radius 1 is 1.02 bits per heavy atom. The van der Waals surface area contributed by atoms with Crippen LogP contribution < -0.4 is 20.3 Å². The van der Waals surface area contributed by atoms with Crippen LogP contribution in [0.25, 0.3) is 0 Å². The van der Waals surface area contributed by atoms with Gasteiger partial charge in [0.05, 0.1) is 28.5 Å². The van der Waals surface area contributed by atoms with Crippen LogP contribution in [-0.2, 0) is 19.0 Å². The summed E-state index contributed by atoms with van der Waals surface area (Å²) in [6.07, 6.45) is -8.43. The Hall–Kier alpha value is -3.93. The van der Waals surface area contributed by atoms with Gasteiger partial charge in [0.2, 0.25) is 11.8 Å². The van der Waals surface area contributed by atoms with Crippen LogP contribution >= 0.6 is 11.7 Å². The number of urea groups is 1. The number of likely N-dealkylation sites (N-methyl/N-ethyl adjacent to an activating group) is 1. The third kappa shape index (κ3) is 8.31.